The van der Waals surface area contributed by atoms with Gasteiger partial charge in [-0.3, -0.25) is 10.1 Å². The minimum absolute atomic E-state index is 0.0171. The average Bonchev–Trinajstić information content (AvgIpc) is 2.99. The van der Waals surface area contributed by atoms with Crippen LogP contribution >= 0.6 is 0 Å². The number of ether oxygens (including phenoxy) is 2. The van der Waals surface area contributed by atoms with E-state index in [1.165, 1.54) is 25.1 Å². The van der Waals surface area contributed by atoms with E-state index in [4.69, 9.17) is 15.2 Å². The van der Waals surface area contributed by atoms with E-state index < -0.39 is 23.8 Å². The Morgan fingerprint density at radius 1 is 1.52 bits per heavy atom. The predicted molar refractivity (Wildman–Crippen MR) is 81.7 cm³/mol. The molecule has 0 unspecified atom stereocenters. The number of nitrogens with two attached hydrogens (primary N) is 1. The number of halogens is 1. The third kappa shape index (κ3) is 5.10. The van der Waals surface area contributed by atoms with Crippen LogP contribution in [0.5, 0.6) is 5.75 Å². The maximum atomic E-state index is 13.5. The van der Waals surface area contributed by atoms with Crippen molar-refractivity contribution < 1.29 is 23.5 Å². The van der Waals surface area contributed by atoms with Gasteiger partial charge in [-0.05, 0) is 31.9 Å². The lowest BCUT2D eigenvalue weighted by molar-refractivity contribution is -0.120. The fraction of sp³-hybridized carbons (Fsp3) is 0.467. The van der Waals surface area contributed by atoms with Crippen LogP contribution in [0, 0.1) is 5.82 Å². The van der Waals surface area contributed by atoms with Crippen LogP contribution in [0.3, 0.4) is 0 Å². The SMILES string of the molecule is C[C@H](Nc1cc(F)ccc1OC[C@@H]1CCCO1)C(=O)NC(N)=O. The molecule has 1 aromatic carbocycles. The number of nitrogens with one attached hydrogen (secondary N) is 2. The lowest BCUT2D eigenvalue weighted by Gasteiger charge is -2.18. The van der Waals surface area contributed by atoms with E-state index in [1.807, 2.05) is 5.32 Å². The van der Waals surface area contributed by atoms with Crippen LogP contribution in [-0.4, -0.2) is 37.3 Å². The molecule has 0 bridgehead atoms. The first kappa shape index (κ1) is 17.0. The highest BCUT2D eigenvalue weighted by Crippen LogP contribution is 2.27. The molecular weight excluding hydrogens is 305 g/mol. The minimum atomic E-state index is -0.947. The fourth-order valence-corrected chi connectivity index (χ4v) is 2.23. The molecule has 23 heavy (non-hydrogen) atoms. The van der Waals surface area contributed by atoms with Gasteiger partial charge in [0.25, 0.3) is 0 Å². The first-order chi connectivity index (χ1) is 11.0. The van der Waals surface area contributed by atoms with Crippen LogP contribution in [-0.2, 0) is 9.53 Å². The lowest BCUT2D eigenvalue weighted by Crippen LogP contribution is -2.43. The van der Waals surface area contributed by atoms with E-state index in [0.717, 1.165) is 12.8 Å². The molecule has 1 fully saturated rings. The van der Waals surface area contributed by atoms with Crippen molar-refractivity contribution in [1.82, 2.24) is 5.32 Å². The van der Waals surface area contributed by atoms with Crippen LogP contribution in [0.25, 0.3) is 0 Å². The van der Waals surface area contributed by atoms with Gasteiger partial charge in [-0.2, -0.15) is 0 Å². The topological polar surface area (TPSA) is 103 Å². The van der Waals surface area contributed by atoms with Crippen LogP contribution < -0.4 is 21.1 Å². The Balaban J connectivity index is 2.02. The van der Waals surface area contributed by atoms with Crippen LogP contribution in [0.1, 0.15) is 19.8 Å². The van der Waals surface area contributed by atoms with Gasteiger partial charge in [-0.25, -0.2) is 9.18 Å². The fourth-order valence-electron chi connectivity index (χ4n) is 2.23. The van der Waals surface area contributed by atoms with Crippen molar-refractivity contribution in [2.24, 2.45) is 5.73 Å². The number of hydrogen-bond donors (Lipinski definition) is 3. The van der Waals surface area contributed by atoms with Crippen molar-refractivity contribution in [2.75, 3.05) is 18.5 Å². The molecule has 1 aromatic rings. The maximum absolute atomic E-state index is 13.5. The van der Waals surface area contributed by atoms with Gasteiger partial charge in [0.15, 0.2) is 0 Å². The highest BCUT2D eigenvalue weighted by molar-refractivity contribution is 5.97. The molecule has 7 nitrogen and oxygen atoms in total. The summed E-state index contributed by atoms with van der Waals surface area (Å²) in [5, 5.41) is 4.76. The Labute approximate surface area is 133 Å². The van der Waals surface area contributed by atoms with Gasteiger partial charge in [-0.1, -0.05) is 0 Å². The van der Waals surface area contributed by atoms with Gasteiger partial charge in [0.1, 0.15) is 24.2 Å². The quantitative estimate of drug-likeness (QED) is 0.733. The Kier molecular flexibility index (Phi) is 5.75. The molecule has 1 heterocycles. The number of anilines is 1. The Bertz CT molecular complexity index is 576. The highest BCUT2D eigenvalue weighted by atomic mass is 19.1. The van der Waals surface area contributed by atoms with Crippen molar-refractivity contribution in [3.63, 3.8) is 0 Å². The Hall–Kier alpha value is -2.35. The molecule has 1 saturated heterocycles. The number of hydrogen-bond acceptors (Lipinski definition) is 5. The lowest BCUT2D eigenvalue weighted by atomic mass is 10.2. The smallest absolute Gasteiger partial charge is 0.318 e. The molecule has 126 valence electrons. The van der Waals surface area contributed by atoms with Crippen molar-refractivity contribution in [3.8, 4) is 5.75 Å². The molecular formula is C15H20FN3O4. The molecule has 3 amide bonds. The number of rotatable bonds is 6. The van der Waals surface area contributed by atoms with Gasteiger partial charge < -0.3 is 20.5 Å². The molecule has 2 rings (SSSR count). The first-order valence-corrected chi connectivity index (χ1v) is 7.36. The zero-order valence-electron chi connectivity index (χ0n) is 12.8. The average molecular weight is 325 g/mol. The number of carbonyl (C=O) groups is 2. The van der Waals surface area contributed by atoms with Crippen molar-refractivity contribution in [3.05, 3.63) is 24.0 Å². The van der Waals surface area contributed by atoms with E-state index >= 15 is 0 Å². The minimum Gasteiger partial charge on any atom is -0.489 e. The third-order valence-electron chi connectivity index (χ3n) is 3.40. The van der Waals surface area contributed by atoms with Crippen LogP contribution in [0.15, 0.2) is 18.2 Å². The summed E-state index contributed by atoms with van der Waals surface area (Å²) in [7, 11) is 0. The molecule has 4 N–H and O–H groups in total. The highest BCUT2D eigenvalue weighted by Gasteiger charge is 2.19. The molecule has 2 atom stereocenters. The van der Waals surface area contributed by atoms with Crippen molar-refractivity contribution in [1.29, 1.82) is 0 Å². The zero-order chi connectivity index (χ0) is 16.8. The summed E-state index contributed by atoms with van der Waals surface area (Å²) in [6, 6.07) is 2.22. The zero-order valence-corrected chi connectivity index (χ0v) is 12.8. The number of carbonyl (C=O) groups excluding carboxylic acids is 2. The standard InChI is InChI=1S/C15H20FN3O4/c1-9(14(20)19-15(17)21)18-12-7-10(16)4-5-13(12)23-8-11-3-2-6-22-11/h4-5,7,9,11,18H,2-3,6,8H2,1H3,(H3,17,19,20,21)/t9-,11-/m0/s1. The molecule has 1 aliphatic heterocycles. The van der Waals surface area contributed by atoms with E-state index in [9.17, 15) is 14.0 Å². The summed E-state index contributed by atoms with van der Waals surface area (Å²) in [6.45, 7) is 2.59. The maximum Gasteiger partial charge on any atom is 0.318 e. The third-order valence-corrected chi connectivity index (χ3v) is 3.40. The van der Waals surface area contributed by atoms with E-state index in [-0.39, 0.29) is 6.10 Å². The number of benzene rings is 1. The van der Waals surface area contributed by atoms with E-state index in [0.29, 0.717) is 24.7 Å². The number of primary amides is 1. The molecule has 0 radical (unpaired) electrons. The summed E-state index contributed by atoms with van der Waals surface area (Å²) in [4.78, 5) is 22.4. The second-order valence-electron chi connectivity index (χ2n) is 5.31. The second-order valence-corrected chi connectivity index (χ2v) is 5.31. The van der Waals surface area contributed by atoms with Gasteiger partial charge in [0.05, 0.1) is 11.8 Å². The number of amides is 3. The molecule has 0 aliphatic carbocycles. The molecule has 0 saturated carbocycles. The van der Waals surface area contributed by atoms with Gasteiger partial charge in [0, 0.05) is 12.7 Å². The summed E-state index contributed by atoms with van der Waals surface area (Å²) < 4.78 is 24.6. The van der Waals surface area contributed by atoms with Crippen molar-refractivity contribution >= 4 is 17.6 Å². The van der Waals surface area contributed by atoms with Crippen LogP contribution in [0.2, 0.25) is 0 Å². The Morgan fingerprint density at radius 2 is 2.30 bits per heavy atom. The summed E-state index contributed by atoms with van der Waals surface area (Å²) >= 11 is 0. The van der Waals surface area contributed by atoms with Gasteiger partial charge in [0.2, 0.25) is 5.91 Å². The Morgan fingerprint density at radius 3 is 2.96 bits per heavy atom. The molecule has 0 aromatic heterocycles. The molecule has 8 heteroatoms. The van der Waals surface area contributed by atoms with Gasteiger partial charge in [-0.15, -0.1) is 0 Å². The van der Waals surface area contributed by atoms with Crippen molar-refractivity contribution in [2.45, 2.75) is 31.9 Å². The summed E-state index contributed by atoms with van der Waals surface area (Å²) in [5.74, 6) is -0.688. The summed E-state index contributed by atoms with van der Waals surface area (Å²) in [5.41, 5.74) is 5.21. The van der Waals surface area contributed by atoms with Crippen LogP contribution in [0.4, 0.5) is 14.9 Å². The molecule has 0 spiro atoms. The van der Waals surface area contributed by atoms with E-state index in [1.54, 1.807) is 0 Å². The predicted octanol–water partition coefficient (Wildman–Crippen LogP) is 1.38. The summed E-state index contributed by atoms with van der Waals surface area (Å²) in [6.07, 6.45) is 1.93. The number of urea groups is 1. The van der Waals surface area contributed by atoms with Gasteiger partial charge >= 0.3 is 6.03 Å². The first-order valence-electron chi connectivity index (χ1n) is 7.36. The molecule has 1 aliphatic rings. The monoisotopic (exact) mass is 325 g/mol. The largest absolute Gasteiger partial charge is 0.489 e. The number of imide groups is 1. The van der Waals surface area contributed by atoms with E-state index in [2.05, 4.69) is 5.32 Å². The normalized spacial score (nSPS) is 18.3. The second kappa shape index (κ2) is 7.77.